The first-order valence-corrected chi connectivity index (χ1v) is 8.52. The second-order valence-electron chi connectivity index (χ2n) is 6.27. The van der Waals surface area contributed by atoms with E-state index in [4.69, 9.17) is 4.74 Å². The number of ether oxygens (including phenoxy) is 2. The summed E-state index contributed by atoms with van der Waals surface area (Å²) in [5, 5.41) is 4.58. The van der Waals surface area contributed by atoms with Gasteiger partial charge in [0.2, 0.25) is 5.91 Å². The average molecular weight is 377 g/mol. The van der Waals surface area contributed by atoms with Crippen molar-refractivity contribution in [1.82, 2.24) is 15.5 Å². The van der Waals surface area contributed by atoms with Crippen LogP contribution < -0.4 is 15.4 Å². The number of alkyl carbamates (subject to hydrolysis) is 1. The van der Waals surface area contributed by atoms with Gasteiger partial charge >= 0.3 is 12.1 Å². The van der Waals surface area contributed by atoms with Crippen LogP contribution in [0, 0.1) is 0 Å². The van der Waals surface area contributed by atoms with Crippen LogP contribution in [0.15, 0.2) is 24.3 Å². The molecule has 27 heavy (non-hydrogen) atoms. The van der Waals surface area contributed by atoms with Crippen LogP contribution in [0.5, 0.6) is 5.75 Å². The van der Waals surface area contributed by atoms with Crippen molar-refractivity contribution in [3.63, 3.8) is 0 Å². The van der Waals surface area contributed by atoms with E-state index in [9.17, 15) is 19.2 Å². The monoisotopic (exact) mass is 377 g/mol. The van der Waals surface area contributed by atoms with Crippen LogP contribution in [0.2, 0.25) is 0 Å². The van der Waals surface area contributed by atoms with Crippen molar-refractivity contribution in [3.05, 3.63) is 29.8 Å². The van der Waals surface area contributed by atoms with Crippen molar-refractivity contribution >= 4 is 23.9 Å². The average Bonchev–Trinajstić information content (AvgIpc) is 2.84. The topological polar surface area (TPSA) is 114 Å². The predicted octanol–water partition coefficient (Wildman–Crippen LogP) is 1.21. The SMILES string of the molecule is CCOC(=O)NC(=O)CN1C(=O)N[C@](C)(CCc2ccc(OC)cc2)C1=O. The third-order valence-corrected chi connectivity index (χ3v) is 4.24. The van der Waals surface area contributed by atoms with Gasteiger partial charge in [-0.1, -0.05) is 12.1 Å². The number of rotatable bonds is 7. The normalized spacial score (nSPS) is 18.9. The highest BCUT2D eigenvalue weighted by Crippen LogP contribution is 2.23. The molecular weight excluding hydrogens is 354 g/mol. The lowest BCUT2D eigenvalue weighted by Gasteiger charge is -2.21. The summed E-state index contributed by atoms with van der Waals surface area (Å²) in [6.45, 7) is 2.75. The highest BCUT2D eigenvalue weighted by Gasteiger charge is 2.47. The largest absolute Gasteiger partial charge is 0.497 e. The van der Waals surface area contributed by atoms with Crippen LogP contribution in [0.1, 0.15) is 25.8 Å². The molecule has 0 radical (unpaired) electrons. The molecule has 0 spiro atoms. The zero-order valence-corrected chi connectivity index (χ0v) is 15.5. The van der Waals surface area contributed by atoms with E-state index in [0.29, 0.717) is 12.8 Å². The summed E-state index contributed by atoms with van der Waals surface area (Å²) in [7, 11) is 1.58. The lowest BCUT2D eigenvalue weighted by molar-refractivity contribution is -0.134. The zero-order valence-electron chi connectivity index (χ0n) is 15.5. The van der Waals surface area contributed by atoms with E-state index in [1.807, 2.05) is 29.6 Å². The standard InChI is InChI=1S/C18H23N3O6/c1-4-27-17(25)19-14(22)11-21-15(23)18(2,20-16(21)24)10-9-12-5-7-13(26-3)8-6-12/h5-8H,4,9-11H2,1-3H3,(H,20,24)(H,19,22,25)/t18-/m1/s1. The van der Waals surface area contributed by atoms with E-state index in [0.717, 1.165) is 16.2 Å². The fourth-order valence-electron chi connectivity index (χ4n) is 2.71. The Morgan fingerprint density at radius 1 is 1.22 bits per heavy atom. The predicted molar refractivity (Wildman–Crippen MR) is 95.1 cm³/mol. The molecule has 2 rings (SSSR count). The molecule has 1 saturated heterocycles. The van der Waals surface area contributed by atoms with Gasteiger partial charge in [0.25, 0.3) is 5.91 Å². The molecule has 9 nitrogen and oxygen atoms in total. The maximum atomic E-state index is 12.6. The number of urea groups is 1. The second kappa shape index (κ2) is 8.52. The van der Waals surface area contributed by atoms with E-state index in [1.165, 1.54) is 0 Å². The van der Waals surface area contributed by atoms with Gasteiger partial charge < -0.3 is 14.8 Å². The summed E-state index contributed by atoms with van der Waals surface area (Å²) in [5.41, 5.74) is -0.140. The maximum Gasteiger partial charge on any atom is 0.413 e. The molecule has 1 aliphatic heterocycles. The van der Waals surface area contributed by atoms with Gasteiger partial charge in [-0.05, 0) is 44.4 Å². The molecule has 1 fully saturated rings. The molecule has 1 aromatic rings. The molecule has 9 heteroatoms. The minimum absolute atomic E-state index is 0.103. The Balaban J connectivity index is 1.96. The molecule has 0 saturated carbocycles. The summed E-state index contributed by atoms with van der Waals surface area (Å²) in [4.78, 5) is 48.6. The summed E-state index contributed by atoms with van der Waals surface area (Å²) in [6, 6.07) is 6.73. The Labute approximate surface area is 157 Å². The first-order valence-electron chi connectivity index (χ1n) is 8.52. The van der Waals surface area contributed by atoms with Gasteiger partial charge in [0.05, 0.1) is 13.7 Å². The molecule has 0 bridgehead atoms. The van der Waals surface area contributed by atoms with Gasteiger partial charge in [-0.25, -0.2) is 9.59 Å². The fourth-order valence-corrected chi connectivity index (χ4v) is 2.71. The van der Waals surface area contributed by atoms with Crippen molar-refractivity contribution in [2.45, 2.75) is 32.2 Å². The number of hydrogen-bond donors (Lipinski definition) is 2. The number of amides is 5. The van der Waals surface area contributed by atoms with Crippen LogP contribution >= 0.6 is 0 Å². The molecule has 0 aliphatic carbocycles. The van der Waals surface area contributed by atoms with Gasteiger partial charge in [-0.2, -0.15) is 0 Å². The number of methoxy groups -OCH3 is 1. The minimum Gasteiger partial charge on any atom is -0.497 e. The van der Waals surface area contributed by atoms with Crippen LogP contribution in [0.4, 0.5) is 9.59 Å². The van der Waals surface area contributed by atoms with Crippen molar-refractivity contribution in [2.24, 2.45) is 0 Å². The van der Waals surface area contributed by atoms with Gasteiger partial charge in [-0.3, -0.25) is 19.8 Å². The molecular formula is C18H23N3O6. The van der Waals surface area contributed by atoms with E-state index in [-0.39, 0.29) is 6.61 Å². The lowest BCUT2D eigenvalue weighted by Crippen LogP contribution is -2.46. The molecule has 1 aliphatic rings. The van der Waals surface area contributed by atoms with Crippen LogP contribution in [-0.4, -0.2) is 54.6 Å². The number of imide groups is 2. The van der Waals surface area contributed by atoms with E-state index >= 15 is 0 Å². The van der Waals surface area contributed by atoms with Crippen molar-refractivity contribution < 1.29 is 28.7 Å². The third kappa shape index (κ3) is 4.96. The molecule has 0 unspecified atom stereocenters. The number of benzene rings is 1. The first-order chi connectivity index (χ1) is 12.8. The molecule has 2 N–H and O–H groups in total. The van der Waals surface area contributed by atoms with Crippen LogP contribution in [0.25, 0.3) is 0 Å². The molecule has 0 aromatic heterocycles. The van der Waals surface area contributed by atoms with E-state index in [1.54, 1.807) is 21.0 Å². The Morgan fingerprint density at radius 2 is 1.89 bits per heavy atom. The number of aryl methyl sites for hydroxylation is 1. The fraction of sp³-hybridized carbons (Fsp3) is 0.444. The van der Waals surface area contributed by atoms with Gasteiger partial charge in [0.1, 0.15) is 17.8 Å². The molecule has 1 heterocycles. The summed E-state index contributed by atoms with van der Waals surface area (Å²) < 4.78 is 9.70. The number of carbonyl (C=O) groups is 4. The Kier molecular flexibility index (Phi) is 6.38. The quantitative estimate of drug-likeness (QED) is 0.691. The van der Waals surface area contributed by atoms with Crippen molar-refractivity contribution in [1.29, 1.82) is 0 Å². The van der Waals surface area contributed by atoms with Crippen molar-refractivity contribution in [3.8, 4) is 5.75 Å². The third-order valence-electron chi connectivity index (χ3n) is 4.24. The zero-order chi connectivity index (χ0) is 20.0. The molecule has 146 valence electrons. The van der Waals surface area contributed by atoms with Gasteiger partial charge in [0, 0.05) is 0 Å². The van der Waals surface area contributed by atoms with Crippen LogP contribution in [-0.2, 0) is 20.7 Å². The van der Waals surface area contributed by atoms with Gasteiger partial charge in [0.15, 0.2) is 0 Å². The minimum atomic E-state index is -1.12. The highest BCUT2D eigenvalue weighted by molar-refractivity contribution is 6.09. The second-order valence-corrected chi connectivity index (χ2v) is 6.27. The lowest BCUT2D eigenvalue weighted by atomic mass is 9.93. The molecule has 5 amide bonds. The summed E-state index contributed by atoms with van der Waals surface area (Å²) >= 11 is 0. The smallest absolute Gasteiger partial charge is 0.413 e. The number of carbonyl (C=O) groups excluding carboxylic acids is 4. The molecule has 1 aromatic carbocycles. The maximum absolute atomic E-state index is 12.6. The Bertz CT molecular complexity index is 733. The van der Waals surface area contributed by atoms with Crippen LogP contribution in [0.3, 0.4) is 0 Å². The van der Waals surface area contributed by atoms with E-state index in [2.05, 4.69) is 10.1 Å². The highest BCUT2D eigenvalue weighted by atomic mass is 16.5. The van der Waals surface area contributed by atoms with E-state index < -0.39 is 36.0 Å². The van der Waals surface area contributed by atoms with Gasteiger partial charge in [-0.15, -0.1) is 0 Å². The Hall–Kier alpha value is -3.10. The first kappa shape index (κ1) is 20.2. The summed E-state index contributed by atoms with van der Waals surface area (Å²) in [6.07, 6.45) is -0.00763. The van der Waals surface area contributed by atoms with Crippen molar-refractivity contribution in [2.75, 3.05) is 20.3 Å². The number of nitrogens with one attached hydrogen (secondary N) is 2. The Morgan fingerprint density at radius 3 is 2.48 bits per heavy atom. The number of nitrogens with zero attached hydrogens (tertiary/aromatic N) is 1. The number of hydrogen-bond acceptors (Lipinski definition) is 6. The summed E-state index contributed by atoms with van der Waals surface area (Å²) in [5.74, 6) is -0.578. The molecule has 1 atom stereocenters.